The van der Waals surface area contributed by atoms with Gasteiger partial charge in [0.25, 0.3) is 5.91 Å². The molecule has 0 bridgehead atoms. The minimum atomic E-state index is -1.04. The van der Waals surface area contributed by atoms with Crippen molar-refractivity contribution in [2.75, 3.05) is 18.5 Å². The van der Waals surface area contributed by atoms with Gasteiger partial charge in [0, 0.05) is 41.7 Å². The number of ether oxygens (including phenoxy) is 1. The van der Waals surface area contributed by atoms with E-state index in [9.17, 15) is 23.6 Å². The van der Waals surface area contributed by atoms with Crippen molar-refractivity contribution in [3.63, 3.8) is 0 Å². The Hall–Kier alpha value is -5.43. The number of carbonyl (C=O) groups is 4. The molecule has 12 nitrogen and oxygen atoms in total. The van der Waals surface area contributed by atoms with Crippen molar-refractivity contribution in [2.24, 2.45) is 0 Å². The summed E-state index contributed by atoms with van der Waals surface area (Å²) >= 11 is 6.16. The molecule has 0 spiro atoms. The van der Waals surface area contributed by atoms with Crippen LogP contribution < -0.4 is 16.0 Å². The summed E-state index contributed by atoms with van der Waals surface area (Å²) in [5, 5.41) is 19.4. The molecule has 0 unspecified atom stereocenters. The Morgan fingerprint density at radius 2 is 1.87 bits per heavy atom. The average Bonchev–Trinajstić information content (AvgIpc) is 3.57. The van der Waals surface area contributed by atoms with Crippen molar-refractivity contribution < 1.29 is 28.3 Å². The maximum Gasteiger partial charge on any atom is 0.305 e. The van der Waals surface area contributed by atoms with Crippen LogP contribution in [0.2, 0.25) is 5.02 Å². The van der Waals surface area contributed by atoms with E-state index in [-0.39, 0.29) is 43.2 Å². The Morgan fingerprint density at radius 1 is 1.07 bits per heavy atom. The monoisotopic (exact) mass is 647 g/mol. The van der Waals surface area contributed by atoms with Gasteiger partial charge in [0.1, 0.15) is 18.2 Å². The van der Waals surface area contributed by atoms with Crippen LogP contribution in [-0.4, -0.2) is 63.1 Å². The highest BCUT2D eigenvalue weighted by atomic mass is 35.5. The molecule has 0 fully saturated rings. The fourth-order valence-electron chi connectivity index (χ4n) is 4.35. The molecule has 0 aliphatic carbocycles. The number of hydrogen-bond acceptors (Lipinski definition) is 8. The van der Waals surface area contributed by atoms with Crippen molar-refractivity contribution in [2.45, 2.75) is 32.2 Å². The van der Waals surface area contributed by atoms with Crippen LogP contribution in [-0.2, 0) is 25.5 Å². The molecule has 1 atom stereocenters. The van der Waals surface area contributed by atoms with E-state index in [2.05, 4.69) is 31.5 Å². The molecule has 14 heteroatoms. The molecule has 3 N–H and O–H groups in total. The molecule has 0 radical (unpaired) electrons. The summed E-state index contributed by atoms with van der Waals surface area (Å²) in [6.45, 7) is 2.12. The second kappa shape index (κ2) is 16.6. The van der Waals surface area contributed by atoms with Crippen LogP contribution in [0.5, 0.6) is 0 Å². The summed E-state index contributed by atoms with van der Waals surface area (Å²) in [4.78, 5) is 50.3. The first-order valence-corrected chi connectivity index (χ1v) is 14.7. The highest BCUT2D eigenvalue weighted by molar-refractivity contribution is 6.30. The Morgan fingerprint density at radius 3 is 2.59 bits per heavy atom. The van der Waals surface area contributed by atoms with Crippen LogP contribution in [0.3, 0.4) is 0 Å². The van der Waals surface area contributed by atoms with Gasteiger partial charge in [0.2, 0.25) is 11.8 Å². The first-order valence-electron chi connectivity index (χ1n) is 14.3. The van der Waals surface area contributed by atoms with Crippen LogP contribution in [0.1, 0.15) is 41.3 Å². The lowest BCUT2D eigenvalue weighted by molar-refractivity contribution is -0.143. The van der Waals surface area contributed by atoms with Gasteiger partial charge < -0.3 is 20.7 Å². The number of rotatable bonds is 14. The summed E-state index contributed by atoms with van der Waals surface area (Å²) in [5.74, 6) is -3.06. The third-order valence-corrected chi connectivity index (χ3v) is 6.78. The lowest BCUT2D eigenvalue weighted by atomic mass is 10.0. The van der Waals surface area contributed by atoms with E-state index in [0.29, 0.717) is 22.7 Å². The van der Waals surface area contributed by atoms with Gasteiger partial charge >= 0.3 is 5.97 Å². The first-order chi connectivity index (χ1) is 22.2. The second-order valence-corrected chi connectivity index (χ2v) is 10.3. The largest absolute Gasteiger partial charge is 0.466 e. The third-order valence-electron chi connectivity index (χ3n) is 6.55. The minimum absolute atomic E-state index is 0.0919. The number of tetrazole rings is 1. The molecule has 0 saturated carbocycles. The zero-order chi connectivity index (χ0) is 32.9. The number of halogens is 2. The molecule has 0 aliphatic heterocycles. The second-order valence-electron chi connectivity index (χ2n) is 9.89. The molecule has 0 saturated heterocycles. The maximum atomic E-state index is 14.9. The average molecular weight is 648 g/mol. The molecule has 4 aromatic rings. The maximum absolute atomic E-state index is 14.9. The molecule has 1 aromatic heterocycles. The molecule has 4 rings (SSSR count). The quantitative estimate of drug-likeness (QED) is 0.106. The summed E-state index contributed by atoms with van der Waals surface area (Å²) in [6, 6.07) is 16.7. The summed E-state index contributed by atoms with van der Waals surface area (Å²) in [6.07, 6.45) is 4.78. The van der Waals surface area contributed by atoms with E-state index in [0.717, 1.165) is 11.6 Å². The number of amides is 3. The van der Waals surface area contributed by atoms with Gasteiger partial charge in [0.05, 0.1) is 17.9 Å². The number of carbonyl (C=O) groups excluding carboxylic acids is 4. The fourth-order valence-corrected chi connectivity index (χ4v) is 4.53. The van der Waals surface area contributed by atoms with Gasteiger partial charge in [-0.05, 0) is 71.8 Å². The highest BCUT2D eigenvalue weighted by Crippen LogP contribution is 2.20. The smallest absolute Gasteiger partial charge is 0.305 e. The van der Waals surface area contributed by atoms with E-state index in [4.69, 9.17) is 16.3 Å². The van der Waals surface area contributed by atoms with E-state index >= 15 is 0 Å². The van der Waals surface area contributed by atoms with Crippen molar-refractivity contribution in [1.82, 2.24) is 30.8 Å². The number of hydrogen-bond donors (Lipinski definition) is 3. The van der Waals surface area contributed by atoms with Crippen LogP contribution in [0, 0.1) is 5.82 Å². The van der Waals surface area contributed by atoms with Gasteiger partial charge in [-0.3, -0.25) is 19.2 Å². The van der Waals surface area contributed by atoms with Gasteiger partial charge in [-0.1, -0.05) is 41.9 Å². The molecule has 3 amide bonds. The molecule has 3 aromatic carbocycles. The lowest BCUT2D eigenvalue weighted by Gasteiger charge is -2.18. The number of nitrogens with zero attached hydrogens (tertiary/aromatic N) is 4. The molecular weight excluding hydrogens is 617 g/mol. The standard InChI is InChI=1S/C32H31ClFN7O5/c1-2-46-30(43)9-6-16-35-31(44)25-13-12-24(19-26(25)34)37-32(45)27(17-21-7-4-3-5-8-21)38-29(42)15-10-22-18-23(33)11-14-28(22)41-20-36-39-40-41/h3-5,7-8,10-15,18-20,27H,2,6,9,16-17H2,1H3,(H,35,44)(H,37,45)(H,38,42)/t27-/m0/s1. The molecule has 0 aliphatic rings. The van der Waals surface area contributed by atoms with E-state index in [1.165, 1.54) is 35.3 Å². The van der Waals surface area contributed by atoms with Gasteiger partial charge in [0.15, 0.2) is 0 Å². The van der Waals surface area contributed by atoms with E-state index in [1.54, 1.807) is 25.1 Å². The molecular formula is C32H31ClFN7O5. The normalized spacial score (nSPS) is 11.5. The summed E-state index contributed by atoms with van der Waals surface area (Å²) in [5.41, 5.74) is 1.78. The molecule has 1 heterocycles. The summed E-state index contributed by atoms with van der Waals surface area (Å²) < 4.78 is 21.1. The molecule has 46 heavy (non-hydrogen) atoms. The van der Waals surface area contributed by atoms with Crippen molar-refractivity contribution in [3.8, 4) is 5.69 Å². The van der Waals surface area contributed by atoms with Gasteiger partial charge in [-0.15, -0.1) is 5.10 Å². The van der Waals surface area contributed by atoms with E-state index < -0.39 is 29.6 Å². The van der Waals surface area contributed by atoms with Crippen LogP contribution in [0.15, 0.2) is 79.1 Å². The van der Waals surface area contributed by atoms with Crippen molar-refractivity contribution in [3.05, 3.63) is 107 Å². The number of nitrogens with one attached hydrogen (secondary N) is 3. The summed E-state index contributed by atoms with van der Waals surface area (Å²) in [7, 11) is 0. The first kappa shape index (κ1) is 33.5. The SMILES string of the molecule is CCOC(=O)CCCNC(=O)c1ccc(NC(=O)[C@H](Cc2ccccc2)NC(=O)C=Cc2cc(Cl)ccc2-n2cnnn2)cc1F. The number of esters is 1. The van der Waals surface area contributed by atoms with Crippen LogP contribution in [0.4, 0.5) is 10.1 Å². The Labute approximate surface area is 269 Å². The predicted molar refractivity (Wildman–Crippen MR) is 169 cm³/mol. The van der Waals surface area contributed by atoms with Crippen molar-refractivity contribution >= 4 is 47.1 Å². The Balaban J connectivity index is 1.43. The highest BCUT2D eigenvalue weighted by Gasteiger charge is 2.22. The Kier molecular flexibility index (Phi) is 12.1. The number of anilines is 1. The predicted octanol–water partition coefficient (Wildman–Crippen LogP) is 3.91. The minimum Gasteiger partial charge on any atom is -0.466 e. The zero-order valence-corrected chi connectivity index (χ0v) is 25.5. The number of benzene rings is 3. The number of aromatic nitrogens is 4. The third kappa shape index (κ3) is 9.79. The fraction of sp³-hybridized carbons (Fsp3) is 0.219. The van der Waals surface area contributed by atoms with Crippen LogP contribution >= 0.6 is 11.6 Å². The van der Waals surface area contributed by atoms with E-state index in [1.807, 2.05) is 30.3 Å². The van der Waals surface area contributed by atoms with Crippen LogP contribution in [0.25, 0.3) is 11.8 Å². The molecule has 238 valence electrons. The lowest BCUT2D eigenvalue weighted by Crippen LogP contribution is -2.44. The van der Waals surface area contributed by atoms with Gasteiger partial charge in [-0.2, -0.15) is 4.68 Å². The van der Waals surface area contributed by atoms with Gasteiger partial charge in [-0.25, -0.2) is 4.39 Å². The Bertz CT molecular complexity index is 1700. The van der Waals surface area contributed by atoms with Crippen molar-refractivity contribution in [1.29, 1.82) is 0 Å². The zero-order valence-electron chi connectivity index (χ0n) is 24.8. The topological polar surface area (TPSA) is 157 Å².